The third kappa shape index (κ3) is 21.3. The second-order valence-electron chi connectivity index (χ2n) is 32.4. The molecule has 3 aromatic heterocycles. The molecule has 3 unspecified atom stereocenters. The average Bonchev–Trinajstić information content (AvgIpc) is 1.25. The molecule has 6 aromatic carbocycles. The molecule has 3 aliphatic heterocycles. The quantitative estimate of drug-likeness (QED) is 0.0571. The first-order valence-corrected chi connectivity index (χ1v) is 41.0. The van der Waals surface area contributed by atoms with E-state index in [2.05, 4.69) is 106 Å². The standard InChI is InChI=1S/3C29H38N4O4.CH3FS/c3*1-8-33-25-11-10-23(19(4)27(25)30-31-33)24(16-26(34)36-9-2)20-14-18(3)22-12-13-32(17-21(22)15-20)28(35)37-29(5,6)7;1-3-2/h3*10-11,14-15,24H,8-9,12-13,16-17H2,1-7H3;1H3. The number of esters is 3. The maximum absolute atomic E-state index is 12.8. The minimum Gasteiger partial charge on any atom is -0.466 e. The smallest absolute Gasteiger partial charge is 0.410 e. The summed E-state index contributed by atoms with van der Waals surface area (Å²) in [5, 5.41) is 26.1. The van der Waals surface area contributed by atoms with Crippen LogP contribution >= 0.6 is 12.1 Å². The van der Waals surface area contributed by atoms with Crippen LogP contribution in [0, 0.1) is 41.5 Å². The highest BCUT2D eigenvalue weighted by atomic mass is 32.2. The molecule has 12 rings (SSSR count). The van der Waals surface area contributed by atoms with Crippen molar-refractivity contribution in [1.29, 1.82) is 0 Å². The summed E-state index contributed by atoms with van der Waals surface area (Å²) in [7, 11) is 0. The second-order valence-corrected chi connectivity index (χ2v) is 32.7. The van der Waals surface area contributed by atoms with Crippen molar-refractivity contribution in [2.45, 2.75) is 258 Å². The molecule has 0 bridgehead atoms. The van der Waals surface area contributed by atoms with Crippen LogP contribution < -0.4 is 0 Å². The second kappa shape index (κ2) is 38.0. The largest absolute Gasteiger partial charge is 0.466 e. The zero-order valence-corrected chi connectivity index (χ0v) is 71.8. The minimum atomic E-state index is -0.546. The molecule has 6 heterocycles. The van der Waals surface area contributed by atoms with Gasteiger partial charge in [0.05, 0.1) is 55.6 Å². The first-order valence-electron chi connectivity index (χ1n) is 39.9. The zero-order chi connectivity index (χ0) is 83.4. The molecule has 26 heteroatoms. The number of hydrogen-bond acceptors (Lipinski definition) is 19. The van der Waals surface area contributed by atoms with E-state index in [1.807, 2.05) is 157 Å². The van der Waals surface area contributed by atoms with Crippen LogP contribution in [0.2, 0.25) is 0 Å². The Balaban J connectivity index is 0.000000192. The van der Waals surface area contributed by atoms with Crippen LogP contribution in [-0.2, 0) is 101 Å². The van der Waals surface area contributed by atoms with Gasteiger partial charge in [-0.25, -0.2) is 28.4 Å². The van der Waals surface area contributed by atoms with Crippen LogP contribution in [0.4, 0.5) is 18.3 Å². The highest BCUT2D eigenvalue weighted by molar-refractivity contribution is 7.93. The Labute approximate surface area is 675 Å². The highest BCUT2D eigenvalue weighted by Gasteiger charge is 2.35. The Kier molecular flexibility index (Phi) is 29.3. The van der Waals surface area contributed by atoms with E-state index in [0.29, 0.717) is 59.1 Å². The molecule has 0 spiro atoms. The van der Waals surface area contributed by atoms with Crippen molar-refractivity contribution in [1.82, 2.24) is 59.7 Å². The number of aromatic nitrogens is 9. The molecular formula is C88H117FN12O12S. The van der Waals surface area contributed by atoms with Gasteiger partial charge >= 0.3 is 36.2 Å². The number of benzene rings is 6. The summed E-state index contributed by atoms with van der Waals surface area (Å²) in [5.41, 5.74) is 23.6. The number of nitrogens with zero attached hydrogens (tertiary/aromatic N) is 12. The molecule has 0 saturated heterocycles. The average molecular weight is 1590 g/mol. The molecule has 3 amide bonds. The van der Waals surface area contributed by atoms with E-state index >= 15 is 0 Å². The molecule has 614 valence electrons. The number of rotatable bonds is 18. The van der Waals surface area contributed by atoms with E-state index in [-0.39, 0.29) is 85.4 Å². The van der Waals surface area contributed by atoms with Crippen molar-refractivity contribution < 1.29 is 61.1 Å². The van der Waals surface area contributed by atoms with Crippen LogP contribution in [0.5, 0.6) is 0 Å². The molecular weight excluding hydrogens is 1470 g/mol. The molecule has 0 radical (unpaired) electrons. The molecule has 0 fully saturated rings. The summed E-state index contributed by atoms with van der Waals surface area (Å²) in [6.07, 6.45) is 3.44. The Hall–Kier alpha value is -9.98. The van der Waals surface area contributed by atoms with Gasteiger partial charge in [-0.2, -0.15) is 3.89 Å². The molecule has 0 saturated carbocycles. The fourth-order valence-electron chi connectivity index (χ4n) is 15.7. The van der Waals surface area contributed by atoms with E-state index in [4.69, 9.17) is 28.4 Å². The van der Waals surface area contributed by atoms with Crippen molar-refractivity contribution in [3.63, 3.8) is 0 Å². The molecule has 24 nitrogen and oxygen atoms in total. The van der Waals surface area contributed by atoms with Gasteiger partial charge in [-0.1, -0.05) is 70.2 Å². The molecule has 0 N–H and O–H groups in total. The first-order chi connectivity index (χ1) is 54.0. The van der Waals surface area contributed by atoms with Gasteiger partial charge in [0, 0.05) is 95.1 Å². The lowest BCUT2D eigenvalue weighted by Gasteiger charge is -2.33. The summed E-state index contributed by atoms with van der Waals surface area (Å²) in [4.78, 5) is 81.9. The Bertz CT molecular complexity index is 4490. The molecule has 0 aliphatic carbocycles. The number of halogens is 1. The van der Waals surface area contributed by atoms with E-state index < -0.39 is 16.8 Å². The highest BCUT2D eigenvalue weighted by Crippen LogP contribution is 2.41. The fourth-order valence-corrected chi connectivity index (χ4v) is 15.7. The summed E-state index contributed by atoms with van der Waals surface area (Å²) in [6, 6.07) is 25.3. The summed E-state index contributed by atoms with van der Waals surface area (Å²) in [5.74, 6) is -1.36. The maximum atomic E-state index is 12.8. The van der Waals surface area contributed by atoms with Gasteiger partial charge in [0.1, 0.15) is 33.4 Å². The monoisotopic (exact) mass is 1580 g/mol. The normalized spacial score (nSPS) is 14.2. The SMILES string of the molecule is CCOC(=O)CC(c1cc(C)c2c(c1)CN(C(=O)OC(C)(C)C)CC2)c1ccc2c(nnn2CC)c1C.CCOC(=O)CC(c1cc(C)c2c(c1)CN(C(=O)OC(C)(C)C)CC2)c1ccc2c(nnn2CC)c1C.CCOC(=O)CC(c1cc(C)c2c(c1)CN(C(=O)OC(C)(C)C)CC2)c1ccc2c(nnn2CC)c1C.CSF. The minimum absolute atomic E-state index is 0.212. The number of aryl methyl sites for hydroxylation is 9. The fraction of sp³-hybridized carbons (Fsp3) is 0.523. The lowest BCUT2D eigenvalue weighted by molar-refractivity contribution is -0.144. The summed E-state index contributed by atoms with van der Waals surface area (Å²) in [6.45, 7) is 47.5. The van der Waals surface area contributed by atoms with Gasteiger partial charge in [-0.15, -0.1) is 15.3 Å². The third-order valence-corrected chi connectivity index (χ3v) is 20.9. The van der Waals surface area contributed by atoms with Crippen LogP contribution in [0.15, 0.2) is 72.8 Å². The van der Waals surface area contributed by atoms with Gasteiger partial charge in [-0.05, 0) is 283 Å². The van der Waals surface area contributed by atoms with Crippen LogP contribution in [0.3, 0.4) is 0 Å². The first kappa shape index (κ1) is 88.0. The Morgan fingerprint density at radius 2 is 0.658 bits per heavy atom. The topological polar surface area (TPSA) is 260 Å². The van der Waals surface area contributed by atoms with Gasteiger partial charge in [-0.3, -0.25) is 14.4 Å². The number of carbonyl (C=O) groups excluding carboxylic acids is 6. The van der Waals surface area contributed by atoms with Crippen LogP contribution in [0.25, 0.3) is 33.1 Å². The molecule has 3 atom stereocenters. The Morgan fingerprint density at radius 3 is 0.877 bits per heavy atom. The lowest BCUT2D eigenvalue weighted by atomic mass is 9.82. The number of amides is 3. The van der Waals surface area contributed by atoms with Gasteiger partial charge in [0.25, 0.3) is 0 Å². The van der Waals surface area contributed by atoms with Crippen LogP contribution in [-0.4, -0.2) is 158 Å². The third-order valence-electron chi connectivity index (χ3n) is 20.9. The van der Waals surface area contributed by atoms with Gasteiger partial charge in [0.15, 0.2) is 0 Å². The maximum Gasteiger partial charge on any atom is 0.410 e. The number of hydrogen-bond donors (Lipinski definition) is 0. The van der Waals surface area contributed by atoms with E-state index in [1.165, 1.54) is 39.6 Å². The number of fused-ring (bicyclic) bond motifs is 6. The van der Waals surface area contributed by atoms with Gasteiger partial charge < -0.3 is 43.1 Å². The number of ether oxygens (including phenoxy) is 6. The van der Waals surface area contributed by atoms with Gasteiger partial charge in [0.2, 0.25) is 0 Å². The van der Waals surface area contributed by atoms with Crippen molar-refractivity contribution in [3.8, 4) is 0 Å². The lowest BCUT2D eigenvalue weighted by Crippen LogP contribution is -2.40. The summed E-state index contributed by atoms with van der Waals surface area (Å²) >= 11 is 0.250. The predicted octanol–water partition coefficient (Wildman–Crippen LogP) is 17.6. The van der Waals surface area contributed by atoms with Crippen molar-refractivity contribution in [3.05, 3.63) is 173 Å². The van der Waals surface area contributed by atoms with Crippen molar-refractivity contribution in [2.24, 2.45) is 0 Å². The van der Waals surface area contributed by atoms with E-state index in [0.717, 1.165) is 139 Å². The van der Waals surface area contributed by atoms with E-state index in [9.17, 15) is 32.7 Å². The molecule has 9 aromatic rings. The Morgan fingerprint density at radius 1 is 0.412 bits per heavy atom. The molecule has 3 aliphatic rings. The van der Waals surface area contributed by atoms with Crippen molar-refractivity contribution in [2.75, 3.05) is 45.7 Å². The van der Waals surface area contributed by atoms with E-state index in [1.54, 1.807) is 14.7 Å². The zero-order valence-electron chi connectivity index (χ0n) is 70.9. The van der Waals surface area contributed by atoms with Crippen LogP contribution in [0.1, 0.15) is 241 Å². The molecule has 114 heavy (non-hydrogen) atoms. The predicted molar refractivity (Wildman–Crippen MR) is 442 cm³/mol. The number of carbonyl (C=O) groups is 6. The van der Waals surface area contributed by atoms with Crippen molar-refractivity contribution >= 4 is 81.4 Å². The summed E-state index contributed by atoms with van der Waals surface area (Å²) < 4.78 is 48.8.